The normalized spacial score (nSPS) is 13.1. The first-order chi connectivity index (χ1) is 14.3. The van der Waals surface area contributed by atoms with Crippen molar-refractivity contribution in [3.8, 4) is 0 Å². The molecular formula is C24H28N3O2S+. The Morgan fingerprint density at radius 1 is 0.933 bits per heavy atom. The topological polar surface area (TPSA) is 88.8 Å². The van der Waals surface area contributed by atoms with Crippen molar-refractivity contribution in [2.75, 3.05) is 5.32 Å². The molecule has 0 aliphatic rings. The highest BCUT2D eigenvalue weighted by molar-refractivity contribution is 7.10. The molecule has 5 nitrogen and oxygen atoms in total. The van der Waals surface area contributed by atoms with E-state index in [1.54, 1.807) is 35.6 Å². The first kappa shape index (κ1) is 21.7. The van der Waals surface area contributed by atoms with Crippen LogP contribution in [0.3, 0.4) is 0 Å². The van der Waals surface area contributed by atoms with Crippen LogP contribution in [0.2, 0.25) is 0 Å². The van der Waals surface area contributed by atoms with Gasteiger partial charge in [-0.3, -0.25) is 9.59 Å². The molecule has 0 bridgehead atoms. The van der Waals surface area contributed by atoms with Crippen LogP contribution in [0.4, 0.5) is 5.69 Å². The molecule has 0 radical (unpaired) electrons. The average molecular weight is 423 g/mol. The molecular weight excluding hydrogens is 394 g/mol. The summed E-state index contributed by atoms with van der Waals surface area (Å²) in [6, 6.07) is 19.1. The third-order valence-corrected chi connectivity index (χ3v) is 6.10. The van der Waals surface area contributed by atoms with Crippen molar-refractivity contribution in [1.82, 2.24) is 0 Å². The van der Waals surface area contributed by atoms with Crippen LogP contribution in [-0.2, 0) is 4.79 Å². The lowest BCUT2D eigenvalue weighted by Gasteiger charge is -2.20. The van der Waals surface area contributed by atoms with Crippen LogP contribution in [0.15, 0.2) is 66.0 Å². The molecule has 1 aromatic heterocycles. The van der Waals surface area contributed by atoms with Crippen LogP contribution in [0, 0.1) is 0 Å². The van der Waals surface area contributed by atoms with Crippen molar-refractivity contribution in [1.29, 1.82) is 0 Å². The van der Waals surface area contributed by atoms with Crippen molar-refractivity contribution >= 4 is 28.8 Å². The van der Waals surface area contributed by atoms with Crippen LogP contribution in [0.5, 0.6) is 0 Å². The number of nitrogens with one attached hydrogen (secondary N) is 1. The van der Waals surface area contributed by atoms with Crippen LogP contribution in [0.1, 0.15) is 59.1 Å². The van der Waals surface area contributed by atoms with Gasteiger partial charge in [0, 0.05) is 16.8 Å². The fourth-order valence-electron chi connectivity index (χ4n) is 3.28. The van der Waals surface area contributed by atoms with Crippen molar-refractivity contribution in [3.63, 3.8) is 0 Å². The number of quaternary nitrogens is 1. The van der Waals surface area contributed by atoms with E-state index >= 15 is 0 Å². The molecule has 0 fully saturated rings. The molecule has 2 atom stereocenters. The number of benzene rings is 2. The average Bonchev–Trinajstić information content (AvgIpc) is 3.26. The highest BCUT2D eigenvalue weighted by atomic mass is 32.1. The largest absolute Gasteiger partial charge is 0.366 e. The highest BCUT2D eigenvalue weighted by Crippen LogP contribution is 2.25. The predicted octanol–water partition coefficient (Wildman–Crippen LogP) is 3.65. The predicted molar refractivity (Wildman–Crippen MR) is 122 cm³/mol. The summed E-state index contributed by atoms with van der Waals surface area (Å²) in [4.78, 5) is 25.2. The number of primary amides is 1. The summed E-state index contributed by atoms with van der Waals surface area (Å²) >= 11 is 1.69. The monoisotopic (exact) mass is 422 g/mol. The van der Waals surface area contributed by atoms with E-state index in [0.29, 0.717) is 17.2 Å². The van der Waals surface area contributed by atoms with Crippen LogP contribution < -0.4 is 16.4 Å². The molecule has 1 heterocycles. The van der Waals surface area contributed by atoms with Crippen LogP contribution in [-0.4, -0.2) is 17.9 Å². The Hall–Kier alpha value is -2.96. The molecule has 0 saturated carbocycles. The Bertz CT molecular complexity index is 980. The summed E-state index contributed by atoms with van der Waals surface area (Å²) in [5.74, 6) is -0.104. The molecule has 0 aliphatic carbocycles. The first-order valence-electron chi connectivity index (χ1n) is 10.0. The van der Waals surface area contributed by atoms with E-state index in [-0.39, 0.29) is 18.0 Å². The molecule has 6 heteroatoms. The van der Waals surface area contributed by atoms with Gasteiger partial charge in [0.05, 0.1) is 4.88 Å². The molecule has 2 aromatic carbocycles. The van der Waals surface area contributed by atoms with Gasteiger partial charge in [-0.15, -0.1) is 11.3 Å². The Kier molecular flexibility index (Phi) is 7.03. The maximum atomic E-state index is 12.8. The number of amides is 2. The van der Waals surface area contributed by atoms with Gasteiger partial charge < -0.3 is 16.4 Å². The van der Waals surface area contributed by atoms with Crippen LogP contribution in [0.25, 0.3) is 0 Å². The van der Waals surface area contributed by atoms with Gasteiger partial charge in [-0.25, -0.2) is 0 Å². The molecule has 156 valence electrons. The van der Waals surface area contributed by atoms with E-state index in [2.05, 4.69) is 60.2 Å². The Morgan fingerprint density at radius 3 is 2.10 bits per heavy atom. The SMILES string of the molecule is CC(C)c1ccc([C@@H]([NH2+][C@H](C)C(=O)Nc2ccc(C(N)=O)cc2)c2cccs2)cc1. The smallest absolute Gasteiger partial charge is 0.282 e. The number of anilines is 1. The molecule has 0 unspecified atom stereocenters. The van der Waals surface area contributed by atoms with Gasteiger partial charge >= 0.3 is 0 Å². The second-order valence-electron chi connectivity index (χ2n) is 7.73. The number of rotatable bonds is 8. The van der Waals surface area contributed by atoms with Gasteiger partial charge in [-0.2, -0.15) is 0 Å². The fourth-order valence-corrected chi connectivity index (χ4v) is 4.11. The molecule has 3 aromatic rings. The lowest BCUT2D eigenvalue weighted by molar-refractivity contribution is -0.703. The van der Waals surface area contributed by atoms with Gasteiger partial charge in [0.25, 0.3) is 5.91 Å². The molecule has 3 rings (SSSR count). The molecule has 0 aliphatic heterocycles. The minimum absolute atomic E-state index is 0.0456. The number of carbonyl (C=O) groups excluding carboxylic acids is 2. The van der Waals surface area contributed by atoms with E-state index in [9.17, 15) is 9.59 Å². The van der Waals surface area contributed by atoms with Crippen molar-refractivity contribution in [2.45, 2.75) is 38.8 Å². The summed E-state index contributed by atoms with van der Waals surface area (Å²) in [5, 5.41) is 7.06. The van der Waals surface area contributed by atoms with Gasteiger partial charge in [-0.05, 0) is 54.1 Å². The minimum atomic E-state index is -0.489. The van der Waals surface area contributed by atoms with E-state index in [0.717, 1.165) is 0 Å². The fraction of sp³-hybridized carbons (Fsp3) is 0.250. The zero-order chi connectivity index (χ0) is 21.7. The summed E-state index contributed by atoms with van der Waals surface area (Å²) < 4.78 is 0. The zero-order valence-electron chi connectivity index (χ0n) is 17.5. The summed E-state index contributed by atoms with van der Waals surface area (Å²) in [5.41, 5.74) is 8.79. The zero-order valence-corrected chi connectivity index (χ0v) is 18.3. The highest BCUT2D eigenvalue weighted by Gasteiger charge is 2.25. The Balaban J connectivity index is 1.73. The third kappa shape index (κ3) is 5.34. The second kappa shape index (κ2) is 9.69. The second-order valence-corrected chi connectivity index (χ2v) is 8.71. The molecule has 5 N–H and O–H groups in total. The molecule has 2 amide bonds. The Labute approximate surface area is 181 Å². The van der Waals surface area contributed by atoms with E-state index in [1.165, 1.54) is 16.0 Å². The standard InChI is InChI=1S/C24H27N3O2S/c1-15(2)17-6-8-18(9-7-17)22(21-5-4-14-30-21)26-16(3)24(29)27-20-12-10-19(11-13-20)23(25)28/h4-16,22,26H,1-3H3,(H2,25,28)(H,27,29)/p+1/t16-,22-/m1/s1. The minimum Gasteiger partial charge on any atom is -0.366 e. The lowest BCUT2D eigenvalue weighted by atomic mass is 9.98. The maximum Gasteiger partial charge on any atom is 0.282 e. The summed E-state index contributed by atoms with van der Waals surface area (Å²) in [7, 11) is 0. The van der Waals surface area contributed by atoms with Gasteiger partial charge in [0.1, 0.15) is 6.04 Å². The summed E-state index contributed by atoms with van der Waals surface area (Å²) in [6.45, 7) is 6.26. The lowest BCUT2D eigenvalue weighted by Crippen LogP contribution is -2.92. The van der Waals surface area contributed by atoms with E-state index < -0.39 is 5.91 Å². The number of carbonyl (C=O) groups is 2. The van der Waals surface area contributed by atoms with Crippen LogP contribution >= 0.6 is 11.3 Å². The van der Waals surface area contributed by atoms with Crippen molar-refractivity contribution in [2.24, 2.45) is 5.73 Å². The quantitative estimate of drug-likeness (QED) is 0.517. The third-order valence-electron chi connectivity index (χ3n) is 5.14. The number of thiophene rings is 1. The molecule has 0 spiro atoms. The van der Waals surface area contributed by atoms with Crippen molar-refractivity contribution < 1.29 is 14.9 Å². The van der Waals surface area contributed by atoms with Gasteiger partial charge in [-0.1, -0.05) is 44.2 Å². The molecule has 30 heavy (non-hydrogen) atoms. The number of nitrogens with two attached hydrogens (primary N) is 2. The maximum absolute atomic E-state index is 12.8. The number of hydrogen-bond acceptors (Lipinski definition) is 3. The number of hydrogen-bond donors (Lipinski definition) is 3. The van der Waals surface area contributed by atoms with E-state index in [4.69, 9.17) is 5.73 Å². The Morgan fingerprint density at radius 2 is 1.57 bits per heavy atom. The first-order valence-corrected chi connectivity index (χ1v) is 10.9. The summed E-state index contributed by atoms with van der Waals surface area (Å²) in [6.07, 6.45) is 0. The van der Waals surface area contributed by atoms with Crippen molar-refractivity contribution in [3.05, 3.63) is 87.6 Å². The van der Waals surface area contributed by atoms with E-state index in [1.807, 2.05) is 13.0 Å². The molecule has 0 saturated heterocycles. The van der Waals surface area contributed by atoms with Gasteiger partial charge in [0.15, 0.2) is 6.04 Å². The van der Waals surface area contributed by atoms with Gasteiger partial charge in [0.2, 0.25) is 5.91 Å².